The van der Waals surface area contributed by atoms with E-state index in [0.717, 1.165) is 49.5 Å². The zero-order valence-corrected chi connectivity index (χ0v) is 20.4. The van der Waals surface area contributed by atoms with Crippen LogP contribution in [0.1, 0.15) is 43.7 Å². The first-order valence-electron chi connectivity index (χ1n) is 10.1. The van der Waals surface area contributed by atoms with Crippen LogP contribution in [0.25, 0.3) is 0 Å². The fourth-order valence-corrected chi connectivity index (χ4v) is 5.03. The zero-order valence-electron chi connectivity index (χ0n) is 17.2. The van der Waals surface area contributed by atoms with E-state index in [0.29, 0.717) is 17.8 Å². The Morgan fingerprint density at radius 1 is 1.28 bits per heavy atom. The minimum atomic E-state index is -0.710. The number of aliphatic imine (C=N–C) groups is 1. The molecule has 1 heterocycles. The number of hydrogen-bond donors (Lipinski definition) is 2. The molecule has 1 aliphatic carbocycles. The van der Waals surface area contributed by atoms with Crippen LogP contribution in [0.15, 0.2) is 47.7 Å². The smallest absolute Gasteiger partial charge is 0.191 e. The van der Waals surface area contributed by atoms with Crippen molar-refractivity contribution >= 4 is 40.7 Å². The highest BCUT2D eigenvalue weighted by atomic mass is 127. The van der Waals surface area contributed by atoms with Gasteiger partial charge in [0.25, 0.3) is 0 Å². The highest BCUT2D eigenvalue weighted by Gasteiger charge is 2.26. The molecule has 0 spiro atoms. The maximum Gasteiger partial charge on any atom is 0.191 e. The molecule has 1 aromatic carbocycles. The molecule has 3 atom stereocenters. The summed E-state index contributed by atoms with van der Waals surface area (Å²) in [7, 11) is 1.08. The van der Waals surface area contributed by atoms with Crippen molar-refractivity contribution in [2.24, 2.45) is 4.99 Å². The summed E-state index contributed by atoms with van der Waals surface area (Å²) in [6.45, 7) is 3.45. The van der Waals surface area contributed by atoms with Crippen molar-refractivity contribution in [1.29, 1.82) is 0 Å². The minimum absolute atomic E-state index is 0. The van der Waals surface area contributed by atoms with Crippen LogP contribution in [0.4, 0.5) is 0 Å². The van der Waals surface area contributed by atoms with Gasteiger partial charge in [0, 0.05) is 53.2 Å². The van der Waals surface area contributed by atoms with Crippen molar-refractivity contribution < 1.29 is 4.21 Å². The second kappa shape index (κ2) is 12.3. The third kappa shape index (κ3) is 7.40. The van der Waals surface area contributed by atoms with Crippen LogP contribution in [-0.2, 0) is 23.9 Å². The van der Waals surface area contributed by atoms with Gasteiger partial charge in [-0.15, -0.1) is 24.0 Å². The van der Waals surface area contributed by atoms with Crippen molar-refractivity contribution in [1.82, 2.24) is 20.4 Å². The standard InChI is InChI=1S/C21H31N5OS.HI/c1-3-28(27)20-11-7-10-19(12-20)25-21(22-2)23-13-18-14-24-26(16-18)15-17-8-5-4-6-9-17;/h4-6,8-9,14,16,19-20H,3,7,10-13,15H2,1-2H3,(H2,22,23,25);1H. The Balaban J connectivity index is 0.00000300. The van der Waals surface area contributed by atoms with E-state index in [2.05, 4.69) is 39.1 Å². The molecule has 1 aromatic heterocycles. The summed E-state index contributed by atoms with van der Waals surface area (Å²) in [5, 5.41) is 11.6. The lowest BCUT2D eigenvalue weighted by Crippen LogP contribution is -2.46. The number of guanidine groups is 1. The lowest BCUT2D eigenvalue weighted by atomic mass is 9.95. The summed E-state index contributed by atoms with van der Waals surface area (Å²) >= 11 is 0. The van der Waals surface area contributed by atoms with Crippen LogP contribution in [0, 0.1) is 0 Å². The summed E-state index contributed by atoms with van der Waals surface area (Å²) in [5.41, 5.74) is 2.35. The number of benzene rings is 1. The molecule has 160 valence electrons. The Morgan fingerprint density at radius 3 is 2.79 bits per heavy atom. The number of aromatic nitrogens is 2. The van der Waals surface area contributed by atoms with Crippen LogP contribution in [0.2, 0.25) is 0 Å². The molecule has 1 aliphatic rings. The van der Waals surface area contributed by atoms with Crippen LogP contribution in [0.3, 0.4) is 0 Å². The van der Waals surface area contributed by atoms with Gasteiger partial charge in [0.1, 0.15) is 0 Å². The monoisotopic (exact) mass is 529 g/mol. The van der Waals surface area contributed by atoms with E-state index >= 15 is 0 Å². The average Bonchev–Trinajstić information content (AvgIpc) is 3.18. The second-order valence-corrected chi connectivity index (χ2v) is 9.26. The highest BCUT2D eigenvalue weighted by Crippen LogP contribution is 2.23. The van der Waals surface area contributed by atoms with E-state index in [-0.39, 0.29) is 24.0 Å². The molecule has 0 radical (unpaired) electrons. The van der Waals surface area contributed by atoms with E-state index in [1.54, 1.807) is 7.05 Å². The third-order valence-corrected chi connectivity index (χ3v) is 6.92. The van der Waals surface area contributed by atoms with Gasteiger partial charge in [-0.2, -0.15) is 5.10 Å². The molecule has 3 unspecified atom stereocenters. The van der Waals surface area contributed by atoms with Crippen LogP contribution in [-0.4, -0.2) is 44.0 Å². The fourth-order valence-electron chi connectivity index (χ4n) is 3.68. The van der Waals surface area contributed by atoms with E-state index in [9.17, 15) is 4.21 Å². The maximum absolute atomic E-state index is 12.1. The molecule has 1 saturated carbocycles. The lowest BCUT2D eigenvalue weighted by Gasteiger charge is -2.30. The summed E-state index contributed by atoms with van der Waals surface area (Å²) < 4.78 is 14.1. The lowest BCUT2D eigenvalue weighted by molar-refractivity contribution is 0.413. The van der Waals surface area contributed by atoms with E-state index in [1.165, 1.54) is 5.56 Å². The molecule has 2 aromatic rings. The summed E-state index contributed by atoms with van der Waals surface area (Å²) in [6, 6.07) is 10.7. The first kappa shape index (κ1) is 23.9. The van der Waals surface area contributed by atoms with Gasteiger partial charge in [-0.1, -0.05) is 43.7 Å². The van der Waals surface area contributed by atoms with Crippen LogP contribution in [0.5, 0.6) is 0 Å². The van der Waals surface area contributed by atoms with Gasteiger partial charge in [-0.25, -0.2) is 0 Å². The Hall–Kier alpha value is -1.42. The minimum Gasteiger partial charge on any atom is -0.354 e. The number of halogens is 1. The Kier molecular flexibility index (Phi) is 10.1. The molecular weight excluding hydrogens is 497 g/mol. The van der Waals surface area contributed by atoms with Crippen LogP contribution >= 0.6 is 24.0 Å². The molecule has 0 amide bonds. The quantitative estimate of drug-likeness (QED) is 0.328. The SMILES string of the molecule is CCS(=O)C1CCCC(NC(=NC)NCc2cnn(Cc3ccccc3)c2)C1.I. The van der Waals surface area contributed by atoms with Gasteiger partial charge in [-0.3, -0.25) is 13.9 Å². The molecule has 0 saturated heterocycles. The summed E-state index contributed by atoms with van der Waals surface area (Å²) in [6.07, 6.45) is 8.21. The molecule has 2 N–H and O–H groups in total. The summed E-state index contributed by atoms with van der Waals surface area (Å²) in [4.78, 5) is 4.35. The molecule has 8 heteroatoms. The fraction of sp³-hybridized carbons (Fsp3) is 0.524. The van der Waals surface area contributed by atoms with Gasteiger partial charge in [0.2, 0.25) is 0 Å². The van der Waals surface area contributed by atoms with Crippen LogP contribution < -0.4 is 10.6 Å². The Morgan fingerprint density at radius 2 is 2.07 bits per heavy atom. The van der Waals surface area contributed by atoms with E-state index in [4.69, 9.17) is 0 Å². The van der Waals surface area contributed by atoms with Gasteiger partial charge in [-0.05, 0) is 24.8 Å². The van der Waals surface area contributed by atoms with Gasteiger partial charge >= 0.3 is 0 Å². The Labute approximate surface area is 193 Å². The molecule has 0 bridgehead atoms. The van der Waals surface area contributed by atoms with Crippen molar-refractivity contribution in [2.45, 2.75) is 57.0 Å². The normalized spacial score (nSPS) is 20.6. The third-order valence-electron chi connectivity index (χ3n) is 5.18. The molecule has 1 fully saturated rings. The topological polar surface area (TPSA) is 71.3 Å². The highest BCUT2D eigenvalue weighted by molar-refractivity contribution is 14.0. The molecule has 0 aliphatic heterocycles. The number of hydrogen-bond acceptors (Lipinski definition) is 3. The maximum atomic E-state index is 12.1. The van der Waals surface area contributed by atoms with Crippen molar-refractivity contribution in [2.75, 3.05) is 12.8 Å². The summed E-state index contributed by atoms with van der Waals surface area (Å²) in [5.74, 6) is 1.54. The van der Waals surface area contributed by atoms with Gasteiger partial charge in [0.05, 0.1) is 12.7 Å². The van der Waals surface area contributed by atoms with Gasteiger partial charge < -0.3 is 10.6 Å². The molecule has 3 rings (SSSR count). The molecule has 29 heavy (non-hydrogen) atoms. The van der Waals surface area contributed by atoms with E-state index in [1.807, 2.05) is 36.0 Å². The van der Waals surface area contributed by atoms with E-state index < -0.39 is 10.8 Å². The van der Waals surface area contributed by atoms with Crippen molar-refractivity contribution in [3.05, 3.63) is 53.9 Å². The predicted octanol–water partition coefficient (Wildman–Crippen LogP) is 3.29. The molecular formula is C21H32IN5OS. The average molecular weight is 529 g/mol. The zero-order chi connectivity index (χ0) is 19.8. The molecule has 6 nitrogen and oxygen atoms in total. The van der Waals surface area contributed by atoms with Gasteiger partial charge in [0.15, 0.2) is 5.96 Å². The first-order chi connectivity index (χ1) is 13.7. The first-order valence-corrected chi connectivity index (χ1v) is 11.5. The largest absolute Gasteiger partial charge is 0.354 e. The van der Waals surface area contributed by atoms with Crippen molar-refractivity contribution in [3.8, 4) is 0 Å². The predicted molar refractivity (Wildman–Crippen MR) is 131 cm³/mol. The second-order valence-electron chi connectivity index (χ2n) is 7.26. The van der Waals surface area contributed by atoms with Crippen molar-refractivity contribution in [3.63, 3.8) is 0 Å². The number of nitrogens with one attached hydrogen (secondary N) is 2. The number of nitrogens with zero attached hydrogens (tertiary/aromatic N) is 3. The Bertz CT molecular complexity index is 795. The number of rotatable bonds is 7.